The second-order valence-electron chi connectivity index (χ2n) is 2.46. The molecule has 0 spiro atoms. The van der Waals surface area contributed by atoms with Crippen LogP contribution in [0.4, 0.5) is 0 Å². The van der Waals surface area contributed by atoms with Gasteiger partial charge in [0.1, 0.15) is 0 Å². The van der Waals surface area contributed by atoms with Crippen LogP contribution in [0.1, 0.15) is 39.5 Å². The summed E-state index contributed by atoms with van der Waals surface area (Å²) < 4.78 is 0. The average Bonchev–Trinajstić information content (AvgIpc) is 1.87. The van der Waals surface area contributed by atoms with E-state index in [4.69, 9.17) is 0 Å². The van der Waals surface area contributed by atoms with Crippen LogP contribution in [0.2, 0.25) is 0 Å². The summed E-state index contributed by atoms with van der Waals surface area (Å²) in [6.45, 7) is 4.39. The Morgan fingerprint density at radius 1 is 1.30 bits per heavy atom. The lowest BCUT2D eigenvalue weighted by Crippen LogP contribution is -2.12. The molecule has 0 aromatic heterocycles. The molecule has 0 unspecified atom stereocenters. The van der Waals surface area contributed by atoms with E-state index >= 15 is 0 Å². The zero-order valence-corrected chi connectivity index (χ0v) is 6.89. The SMILES string of the molecule is CCCCCC[N]C(C)=O. The summed E-state index contributed by atoms with van der Waals surface area (Å²) in [5.74, 6) is -0.0449. The second-order valence-corrected chi connectivity index (χ2v) is 2.46. The third-order valence-corrected chi connectivity index (χ3v) is 1.35. The summed E-state index contributed by atoms with van der Waals surface area (Å²) in [7, 11) is 0. The summed E-state index contributed by atoms with van der Waals surface area (Å²) in [5.41, 5.74) is 0. The summed E-state index contributed by atoms with van der Waals surface area (Å²) in [5, 5.41) is 3.76. The van der Waals surface area contributed by atoms with Crippen LogP contribution in [0, 0.1) is 0 Å². The van der Waals surface area contributed by atoms with Crippen molar-refractivity contribution in [3.05, 3.63) is 0 Å². The van der Waals surface area contributed by atoms with E-state index in [-0.39, 0.29) is 5.91 Å². The van der Waals surface area contributed by atoms with Crippen LogP contribution in [-0.2, 0) is 4.79 Å². The summed E-state index contributed by atoms with van der Waals surface area (Å²) >= 11 is 0. The highest BCUT2D eigenvalue weighted by Gasteiger charge is 1.91. The normalized spacial score (nSPS) is 9.40. The molecule has 59 valence electrons. The highest BCUT2D eigenvalue weighted by molar-refractivity contribution is 5.72. The minimum absolute atomic E-state index is 0.0449. The maximum absolute atomic E-state index is 10.3. The lowest BCUT2D eigenvalue weighted by Gasteiger charge is -1.96. The van der Waals surface area contributed by atoms with Crippen LogP contribution < -0.4 is 5.32 Å². The van der Waals surface area contributed by atoms with E-state index in [1.807, 2.05) is 0 Å². The Labute approximate surface area is 63.0 Å². The predicted octanol–water partition coefficient (Wildman–Crippen LogP) is 1.72. The molecule has 0 heterocycles. The molecule has 0 saturated carbocycles. The minimum Gasteiger partial charge on any atom is -0.273 e. The zero-order chi connectivity index (χ0) is 7.82. The Morgan fingerprint density at radius 2 is 2.00 bits per heavy atom. The standard InChI is InChI=1S/C8H16NO/c1-3-4-5-6-7-9-8(2)10/h3-7H2,1-2H3. The van der Waals surface area contributed by atoms with Gasteiger partial charge >= 0.3 is 0 Å². The van der Waals surface area contributed by atoms with Gasteiger partial charge in [0.25, 0.3) is 0 Å². The fourth-order valence-electron chi connectivity index (χ4n) is 0.775. The Morgan fingerprint density at radius 3 is 2.50 bits per heavy atom. The maximum Gasteiger partial charge on any atom is 0.238 e. The van der Waals surface area contributed by atoms with Gasteiger partial charge in [-0.05, 0) is 6.42 Å². The van der Waals surface area contributed by atoms with Crippen molar-refractivity contribution in [1.82, 2.24) is 5.32 Å². The van der Waals surface area contributed by atoms with E-state index in [2.05, 4.69) is 12.2 Å². The second kappa shape index (κ2) is 6.59. The number of nitrogens with zero attached hydrogens (tertiary/aromatic N) is 1. The number of amides is 1. The molecule has 1 amide bonds. The molecule has 10 heavy (non-hydrogen) atoms. The molecule has 0 aliphatic rings. The molecule has 0 saturated heterocycles. The molecule has 0 aromatic carbocycles. The average molecular weight is 142 g/mol. The monoisotopic (exact) mass is 142 g/mol. The molecule has 0 fully saturated rings. The quantitative estimate of drug-likeness (QED) is 0.538. The van der Waals surface area contributed by atoms with Crippen molar-refractivity contribution in [3.8, 4) is 0 Å². The van der Waals surface area contributed by atoms with Gasteiger partial charge in [-0.25, -0.2) is 0 Å². The molecule has 2 nitrogen and oxygen atoms in total. The van der Waals surface area contributed by atoms with E-state index in [1.54, 1.807) is 0 Å². The van der Waals surface area contributed by atoms with Crippen LogP contribution in [0.15, 0.2) is 0 Å². The third-order valence-electron chi connectivity index (χ3n) is 1.35. The summed E-state index contributed by atoms with van der Waals surface area (Å²) in [6, 6.07) is 0. The summed E-state index contributed by atoms with van der Waals surface area (Å²) in [6.07, 6.45) is 4.76. The van der Waals surface area contributed by atoms with Gasteiger partial charge in [-0.2, -0.15) is 0 Å². The maximum atomic E-state index is 10.3. The lowest BCUT2D eigenvalue weighted by atomic mass is 10.2. The Kier molecular flexibility index (Phi) is 6.24. The topological polar surface area (TPSA) is 31.2 Å². The molecule has 0 atom stereocenters. The first-order chi connectivity index (χ1) is 4.77. The Hall–Kier alpha value is -0.530. The van der Waals surface area contributed by atoms with Gasteiger partial charge in [-0.15, -0.1) is 0 Å². The highest BCUT2D eigenvalue weighted by atomic mass is 16.1. The van der Waals surface area contributed by atoms with Gasteiger partial charge in [0.05, 0.1) is 0 Å². The number of unbranched alkanes of at least 4 members (excludes halogenated alkanes) is 3. The van der Waals surface area contributed by atoms with E-state index < -0.39 is 0 Å². The molecule has 2 heteroatoms. The van der Waals surface area contributed by atoms with Gasteiger partial charge in [0.15, 0.2) is 0 Å². The Bertz CT molecular complexity index is 91.3. The number of carbonyl (C=O) groups excluding carboxylic acids is 1. The first-order valence-corrected chi connectivity index (χ1v) is 3.95. The van der Waals surface area contributed by atoms with Crippen LogP contribution in [0.3, 0.4) is 0 Å². The van der Waals surface area contributed by atoms with Gasteiger partial charge < -0.3 is 0 Å². The first kappa shape index (κ1) is 9.47. The van der Waals surface area contributed by atoms with Crippen LogP contribution >= 0.6 is 0 Å². The molecule has 0 bridgehead atoms. The largest absolute Gasteiger partial charge is 0.273 e. The van der Waals surface area contributed by atoms with Gasteiger partial charge in [0, 0.05) is 13.5 Å². The van der Waals surface area contributed by atoms with Crippen molar-refractivity contribution >= 4 is 5.91 Å². The van der Waals surface area contributed by atoms with Crippen molar-refractivity contribution in [3.63, 3.8) is 0 Å². The van der Waals surface area contributed by atoms with Crippen molar-refractivity contribution in [1.29, 1.82) is 0 Å². The van der Waals surface area contributed by atoms with Gasteiger partial charge in [-0.3, -0.25) is 10.1 Å². The predicted molar refractivity (Wildman–Crippen MR) is 41.8 cm³/mol. The number of hydrogen-bond donors (Lipinski definition) is 0. The van der Waals surface area contributed by atoms with Crippen molar-refractivity contribution in [2.75, 3.05) is 6.54 Å². The number of hydrogen-bond acceptors (Lipinski definition) is 1. The van der Waals surface area contributed by atoms with Gasteiger partial charge in [-0.1, -0.05) is 26.2 Å². The van der Waals surface area contributed by atoms with E-state index in [0.29, 0.717) is 0 Å². The zero-order valence-electron chi connectivity index (χ0n) is 6.89. The van der Waals surface area contributed by atoms with Crippen LogP contribution in [0.25, 0.3) is 0 Å². The molecular formula is C8H16NO. The highest BCUT2D eigenvalue weighted by Crippen LogP contribution is 1.96. The Balaban J connectivity index is 2.84. The fraction of sp³-hybridized carbons (Fsp3) is 0.875. The molecular weight excluding hydrogens is 126 g/mol. The van der Waals surface area contributed by atoms with Crippen LogP contribution in [-0.4, -0.2) is 12.5 Å². The first-order valence-electron chi connectivity index (χ1n) is 3.95. The molecule has 1 radical (unpaired) electrons. The van der Waals surface area contributed by atoms with Crippen molar-refractivity contribution in [2.45, 2.75) is 39.5 Å². The van der Waals surface area contributed by atoms with E-state index in [1.165, 1.54) is 26.2 Å². The fourth-order valence-corrected chi connectivity index (χ4v) is 0.775. The van der Waals surface area contributed by atoms with E-state index in [0.717, 1.165) is 13.0 Å². The number of carbonyl (C=O) groups is 1. The van der Waals surface area contributed by atoms with Crippen molar-refractivity contribution < 1.29 is 4.79 Å². The molecule has 0 N–H and O–H groups in total. The number of rotatable bonds is 5. The molecule has 0 aromatic rings. The minimum atomic E-state index is -0.0449. The van der Waals surface area contributed by atoms with Gasteiger partial charge in [0.2, 0.25) is 5.91 Å². The van der Waals surface area contributed by atoms with Crippen LogP contribution in [0.5, 0.6) is 0 Å². The van der Waals surface area contributed by atoms with E-state index in [9.17, 15) is 4.79 Å². The summed E-state index contributed by atoms with van der Waals surface area (Å²) in [4.78, 5) is 10.3. The molecule has 0 rings (SSSR count). The molecule has 0 aliphatic carbocycles. The third kappa shape index (κ3) is 7.47. The lowest BCUT2D eigenvalue weighted by molar-refractivity contribution is -0.119. The molecule has 0 aliphatic heterocycles. The van der Waals surface area contributed by atoms with Crippen molar-refractivity contribution in [2.24, 2.45) is 0 Å². The smallest absolute Gasteiger partial charge is 0.238 e.